The van der Waals surface area contributed by atoms with Gasteiger partial charge >= 0.3 is 0 Å². The van der Waals surface area contributed by atoms with E-state index in [2.05, 4.69) is 40.3 Å². The number of hydrogen-bond acceptors (Lipinski definition) is 3. The van der Waals surface area contributed by atoms with Crippen molar-refractivity contribution in [2.24, 2.45) is 0 Å². The molecule has 1 aliphatic rings. The van der Waals surface area contributed by atoms with E-state index in [0.717, 1.165) is 35.3 Å². The molecule has 0 bridgehead atoms. The van der Waals surface area contributed by atoms with E-state index in [4.69, 9.17) is 0 Å². The standard InChI is InChI=1S/C25H25N3O2S/c1-18-15-21(9-12-26-18)25-17-22-16-20(7-8-24(22)27-25)19-10-13-28(14-11-19)31(29,30)23-5-3-2-4-6-23/h2-9,12,15-17,19,27H,10-11,13-14H2,1H3. The van der Waals surface area contributed by atoms with Crippen LogP contribution in [0.1, 0.15) is 30.0 Å². The lowest BCUT2D eigenvalue weighted by Gasteiger charge is -2.31. The van der Waals surface area contributed by atoms with Crippen LogP contribution in [-0.4, -0.2) is 35.8 Å². The van der Waals surface area contributed by atoms with Crippen molar-refractivity contribution in [3.8, 4) is 11.3 Å². The number of piperidine rings is 1. The third-order valence-corrected chi connectivity index (χ3v) is 8.07. The lowest BCUT2D eigenvalue weighted by Crippen LogP contribution is -2.37. The summed E-state index contributed by atoms with van der Waals surface area (Å²) in [6.07, 6.45) is 3.50. The number of rotatable bonds is 4. The topological polar surface area (TPSA) is 66.1 Å². The van der Waals surface area contributed by atoms with E-state index in [9.17, 15) is 8.42 Å². The van der Waals surface area contributed by atoms with Crippen LogP contribution in [0.5, 0.6) is 0 Å². The Balaban J connectivity index is 1.34. The summed E-state index contributed by atoms with van der Waals surface area (Å²) in [5, 5.41) is 1.18. The maximum absolute atomic E-state index is 12.9. The zero-order valence-corrected chi connectivity index (χ0v) is 18.3. The second-order valence-corrected chi connectivity index (χ2v) is 10.1. The molecule has 31 heavy (non-hydrogen) atoms. The SMILES string of the molecule is Cc1cc(-c2cc3cc(C4CCN(S(=O)(=O)c5ccccc5)CC4)ccc3[nH]2)ccn1. The molecule has 2 aromatic heterocycles. The highest BCUT2D eigenvalue weighted by Gasteiger charge is 2.29. The van der Waals surface area contributed by atoms with E-state index in [1.54, 1.807) is 28.6 Å². The summed E-state index contributed by atoms with van der Waals surface area (Å²) in [7, 11) is -3.41. The normalized spacial score (nSPS) is 16.0. The molecule has 5 nitrogen and oxygen atoms in total. The fourth-order valence-corrected chi connectivity index (χ4v) is 5.94. The number of H-pyrrole nitrogens is 1. The molecule has 1 fully saturated rings. The molecule has 2 aromatic carbocycles. The van der Waals surface area contributed by atoms with E-state index in [0.29, 0.717) is 23.9 Å². The zero-order chi connectivity index (χ0) is 21.4. The molecule has 0 unspecified atom stereocenters. The van der Waals surface area contributed by atoms with Gasteiger partial charge in [0, 0.05) is 47.1 Å². The van der Waals surface area contributed by atoms with Gasteiger partial charge in [-0.1, -0.05) is 24.3 Å². The number of pyridine rings is 1. The van der Waals surface area contributed by atoms with E-state index >= 15 is 0 Å². The predicted molar refractivity (Wildman–Crippen MR) is 123 cm³/mol. The first-order valence-corrected chi connectivity index (χ1v) is 12.1. The van der Waals surface area contributed by atoms with Gasteiger partial charge in [-0.15, -0.1) is 0 Å². The number of aromatic amines is 1. The Morgan fingerprint density at radius 3 is 2.48 bits per heavy atom. The largest absolute Gasteiger partial charge is 0.355 e. The quantitative estimate of drug-likeness (QED) is 0.488. The van der Waals surface area contributed by atoms with Gasteiger partial charge in [0.2, 0.25) is 10.0 Å². The molecule has 0 atom stereocenters. The Kier molecular flexibility index (Phi) is 5.12. The molecule has 158 valence electrons. The summed E-state index contributed by atoms with van der Waals surface area (Å²) < 4.78 is 27.4. The van der Waals surface area contributed by atoms with Crippen molar-refractivity contribution < 1.29 is 8.42 Å². The summed E-state index contributed by atoms with van der Waals surface area (Å²) in [4.78, 5) is 8.15. The molecule has 0 amide bonds. The van der Waals surface area contributed by atoms with Gasteiger partial charge in [0.15, 0.2) is 0 Å². The molecule has 0 radical (unpaired) electrons. The molecular weight excluding hydrogens is 406 g/mol. The Bertz CT molecular complexity index is 1320. The minimum Gasteiger partial charge on any atom is -0.355 e. The van der Waals surface area contributed by atoms with Crippen LogP contribution in [0.2, 0.25) is 0 Å². The Morgan fingerprint density at radius 2 is 1.74 bits per heavy atom. The first kappa shape index (κ1) is 20.0. The number of nitrogens with one attached hydrogen (secondary N) is 1. The average molecular weight is 432 g/mol. The number of hydrogen-bond donors (Lipinski definition) is 1. The zero-order valence-electron chi connectivity index (χ0n) is 17.5. The molecule has 5 rings (SSSR count). The Hall–Kier alpha value is -2.96. The van der Waals surface area contributed by atoms with E-state index < -0.39 is 10.0 Å². The third kappa shape index (κ3) is 3.89. The van der Waals surface area contributed by atoms with Crippen molar-refractivity contribution in [1.29, 1.82) is 0 Å². The van der Waals surface area contributed by atoms with Gasteiger partial charge in [-0.2, -0.15) is 4.31 Å². The third-order valence-electron chi connectivity index (χ3n) is 6.16. The second-order valence-electron chi connectivity index (χ2n) is 8.21. The molecule has 1 saturated heterocycles. The number of nitrogens with zero attached hydrogens (tertiary/aromatic N) is 2. The highest BCUT2D eigenvalue weighted by Crippen LogP contribution is 2.33. The van der Waals surface area contributed by atoms with Gasteiger partial charge in [0.05, 0.1) is 4.90 Å². The van der Waals surface area contributed by atoms with Gasteiger partial charge < -0.3 is 4.98 Å². The first-order chi connectivity index (χ1) is 15.0. The van der Waals surface area contributed by atoms with E-state index in [1.165, 1.54) is 10.9 Å². The Morgan fingerprint density at radius 1 is 0.968 bits per heavy atom. The fourth-order valence-electron chi connectivity index (χ4n) is 4.44. The van der Waals surface area contributed by atoms with Gasteiger partial charge in [0.1, 0.15) is 0 Å². The predicted octanol–water partition coefficient (Wildman–Crippen LogP) is 5.11. The van der Waals surface area contributed by atoms with Crippen LogP contribution in [-0.2, 0) is 10.0 Å². The average Bonchev–Trinajstić information content (AvgIpc) is 3.23. The van der Waals surface area contributed by atoms with Crippen LogP contribution in [0.15, 0.2) is 77.8 Å². The molecule has 1 N–H and O–H groups in total. The van der Waals surface area contributed by atoms with Gasteiger partial charge in [-0.25, -0.2) is 8.42 Å². The lowest BCUT2D eigenvalue weighted by atomic mass is 9.89. The number of sulfonamides is 1. The van der Waals surface area contributed by atoms with Crippen molar-refractivity contribution in [3.63, 3.8) is 0 Å². The van der Waals surface area contributed by atoms with Crippen molar-refractivity contribution in [3.05, 3.63) is 84.2 Å². The van der Waals surface area contributed by atoms with Crippen molar-refractivity contribution in [2.45, 2.75) is 30.6 Å². The number of benzene rings is 2. The van der Waals surface area contributed by atoms with E-state index in [1.807, 2.05) is 25.3 Å². The molecule has 3 heterocycles. The van der Waals surface area contributed by atoms with Crippen LogP contribution in [0, 0.1) is 6.92 Å². The van der Waals surface area contributed by atoms with Crippen molar-refractivity contribution in [2.75, 3.05) is 13.1 Å². The minimum absolute atomic E-state index is 0.369. The highest BCUT2D eigenvalue weighted by molar-refractivity contribution is 7.89. The summed E-state index contributed by atoms with van der Waals surface area (Å²) in [5.74, 6) is 0.369. The van der Waals surface area contributed by atoms with Crippen LogP contribution in [0.25, 0.3) is 22.2 Å². The molecule has 6 heteroatoms. The number of aromatic nitrogens is 2. The molecule has 0 spiro atoms. The summed E-state index contributed by atoms with van der Waals surface area (Å²) in [5.41, 5.74) is 5.60. The Labute approximate surface area is 182 Å². The van der Waals surface area contributed by atoms with Crippen LogP contribution >= 0.6 is 0 Å². The fraction of sp³-hybridized carbons (Fsp3) is 0.240. The van der Waals surface area contributed by atoms with Crippen molar-refractivity contribution in [1.82, 2.24) is 14.3 Å². The molecular formula is C25H25N3O2S. The first-order valence-electron chi connectivity index (χ1n) is 10.6. The molecule has 1 aliphatic heterocycles. The van der Waals surface area contributed by atoms with Crippen LogP contribution in [0.3, 0.4) is 0 Å². The number of aryl methyl sites for hydroxylation is 1. The molecule has 4 aromatic rings. The van der Waals surface area contributed by atoms with E-state index in [-0.39, 0.29) is 0 Å². The maximum Gasteiger partial charge on any atom is 0.243 e. The number of fused-ring (bicyclic) bond motifs is 1. The molecule has 0 saturated carbocycles. The van der Waals surface area contributed by atoms with Gasteiger partial charge in [-0.3, -0.25) is 4.98 Å². The lowest BCUT2D eigenvalue weighted by molar-refractivity contribution is 0.319. The monoisotopic (exact) mass is 431 g/mol. The maximum atomic E-state index is 12.9. The molecule has 0 aliphatic carbocycles. The summed E-state index contributed by atoms with van der Waals surface area (Å²) in [6.45, 7) is 3.10. The summed E-state index contributed by atoms with van der Waals surface area (Å²) in [6, 6.07) is 21.5. The minimum atomic E-state index is -3.41. The smallest absolute Gasteiger partial charge is 0.243 e. The van der Waals surface area contributed by atoms with Gasteiger partial charge in [-0.05, 0) is 73.7 Å². The van der Waals surface area contributed by atoms with Gasteiger partial charge in [0.25, 0.3) is 0 Å². The van der Waals surface area contributed by atoms with Crippen LogP contribution in [0.4, 0.5) is 0 Å². The highest BCUT2D eigenvalue weighted by atomic mass is 32.2. The van der Waals surface area contributed by atoms with Crippen molar-refractivity contribution >= 4 is 20.9 Å². The summed E-state index contributed by atoms with van der Waals surface area (Å²) >= 11 is 0. The second kappa shape index (κ2) is 7.94. The van der Waals surface area contributed by atoms with Crippen LogP contribution < -0.4 is 0 Å².